The van der Waals surface area contributed by atoms with Gasteiger partial charge in [-0.3, -0.25) is 0 Å². The quantitative estimate of drug-likeness (QED) is 0.697. The fourth-order valence-corrected chi connectivity index (χ4v) is 2.58. The van der Waals surface area contributed by atoms with Crippen molar-refractivity contribution in [3.8, 4) is 0 Å². The van der Waals surface area contributed by atoms with Crippen LogP contribution in [0.4, 0.5) is 0 Å². The molecule has 4 aliphatic heterocycles. The first kappa shape index (κ1) is 10.0. The van der Waals surface area contributed by atoms with Crippen molar-refractivity contribution in [2.45, 2.75) is 25.7 Å². The molecule has 4 heterocycles. The van der Waals surface area contributed by atoms with Gasteiger partial charge in [0.05, 0.1) is 25.7 Å². The fraction of sp³-hybridized carbons (Fsp3) is 1.00. The maximum atomic E-state index is 5.82. The lowest BCUT2D eigenvalue weighted by Crippen LogP contribution is -2.63. The second kappa shape index (κ2) is 3.42. The number of ether oxygens (including phenoxy) is 3. The van der Waals surface area contributed by atoms with Crippen molar-refractivity contribution in [1.82, 2.24) is 5.32 Å². The summed E-state index contributed by atoms with van der Waals surface area (Å²) in [5.41, 5.74) is 0.0733. The average molecular weight is 213 g/mol. The van der Waals surface area contributed by atoms with E-state index in [1.165, 1.54) is 6.42 Å². The second-order valence-corrected chi connectivity index (χ2v) is 5.32. The average Bonchev–Trinajstić information content (AvgIpc) is 2.32. The number of nitrogens with one attached hydrogen (secondary N) is 1. The molecule has 4 heteroatoms. The molecule has 1 atom stereocenters. The summed E-state index contributed by atoms with van der Waals surface area (Å²) in [6.07, 6.45) is 2.31. The van der Waals surface area contributed by atoms with Gasteiger partial charge in [0.15, 0.2) is 0 Å². The summed E-state index contributed by atoms with van der Waals surface area (Å²) >= 11 is 0. The van der Waals surface area contributed by atoms with Gasteiger partial charge >= 0.3 is 0 Å². The van der Waals surface area contributed by atoms with Gasteiger partial charge in [0, 0.05) is 12.0 Å². The normalized spacial score (nSPS) is 50.6. The van der Waals surface area contributed by atoms with Crippen LogP contribution in [0.3, 0.4) is 0 Å². The van der Waals surface area contributed by atoms with E-state index in [-0.39, 0.29) is 5.41 Å². The molecule has 0 aromatic heterocycles. The molecule has 4 saturated heterocycles. The molecular weight excluding hydrogens is 194 g/mol. The number of piperidine rings is 1. The van der Waals surface area contributed by atoms with Gasteiger partial charge in [0.2, 0.25) is 0 Å². The SMILES string of the molecule is CC12COC(C3CCCNC3)(OC1)OC2. The molecule has 15 heavy (non-hydrogen) atoms. The first-order chi connectivity index (χ1) is 7.23. The van der Waals surface area contributed by atoms with Gasteiger partial charge in [-0.1, -0.05) is 6.92 Å². The molecule has 86 valence electrons. The van der Waals surface area contributed by atoms with Crippen LogP contribution >= 0.6 is 0 Å². The van der Waals surface area contributed by atoms with Crippen LogP contribution in [-0.4, -0.2) is 38.9 Å². The lowest BCUT2D eigenvalue weighted by Gasteiger charge is -2.53. The summed E-state index contributed by atoms with van der Waals surface area (Å²) in [5, 5.41) is 3.38. The first-order valence-electron chi connectivity index (χ1n) is 5.85. The molecule has 0 amide bonds. The largest absolute Gasteiger partial charge is 0.326 e. The van der Waals surface area contributed by atoms with Gasteiger partial charge in [-0.15, -0.1) is 0 Å². The molecule has 0 spiro atoms. The fourth-order valence-electron chi connectivity index (χ4n) is 2.58. The highest BCUT2D eigenvalue weighted by Gasteiger charge is 2.54. The molecule has 0 radical (unpaired) electrons. The Bertz CT molecular complexity index is 226. The second-order valence-electron chi connectivity index (χ2n) is 5.32. The summed E-state index contributed by atoms with van der Waals surface area (Å²) in [7, 11) is 0. The van der Waals surface area contributed by atoms with E-state index in [9.17, 15) is 0 Å². The lowest BCUT2D eigenvalue weighted by molar-refractivity contribution is -0.484. The Kier molecular flexibility index (Phi) is 2.28. The Balaban J connectivity index is 1.74. The van der Waals surface area contributed by atoms with E-state index in [0.29, 0.717) is 5.92 Å². The molecule has 2 bridgehead atoms. The predicted molar refractivity (Wildman–Crippen MR) is 54.3 cm³/mol. The summed E-state index contributed by atoms with van der Waals surface area (Å²) in [6, 6.07) is 0. The summed E-state index contributed by atoms with van der Waals surface area (Å²) < 4.78 is 17.5. The number of fused-ring (bicyclic) bond motifs is 3. The van der Waals surface area contributed by atoms with E-state index >= 15 is 0 Å². The van der Waals surface area contributed by atoms with Crippen molar-refractivity contribution < 1.29 is 14.2 Å². The Morgan fingerprint density at radius 1 is 1.13 bits per heavy atom. The zero-order valence-corrected chi connectivity index (χ0v) is 9.25. The van der Waals surface area contributed by atoms with Crippen LogP contribution in [0.15, 0.2) is 0 Å². The lowest BCUT2D eigenvalue weighted by atomic mass is 9.88. The van der Waals surface area contributed by atoms with E-state index in [2.05, 4.69) is 12.2 Å². The molecule has 4 aliphatic rings. The topological polar surface area (TPSA) is 39.7 Å². The van der Waals surface area contributed by atoms with E-state index in [4.69, 9.17) is 14.2 Å². The van der Waals surface area contributed by atoms with Crippen LogP contribution in [0.25, 0.3) is 0 Å². The third kappa shape index (κ3) is 1.60. The van der Waals surface area contributed by atoms with Gasteiger partial charge in [0.1, 0.15) is 0 Å². The van der Waals surface area contributed by atoms with Gasteiger partial charge in [-0.2, -0.15) is 0 Å². The van der Waals surface area contributed by atoms with Crippen molar-refractivity contribution in [2.24, 2.45) is 11.3 Å². The number of hydrogen-bond donors (Lipinski definition) is 1. The Morgan fingerprint density at radius 3 is 2.33 bits per heavy atom. The van der Waals surface area contributed by atoms with E-state index < -0.39 is 5.97 Å². The molecule has 0 aromatic rings. The molecule has 4 rings (SSSR count). The van der Waals surface area contributed by atoms with Crippen LogP contribution in [0.5, 0.6) is 0 Å². The summed E-state index contributed by atoms with van der Waals surface area (Å²) in [4.78, 5) is 0. The minimum Gasteiger partial charge on any atom is -0.326 e. The first-order valence-corrected chi connectivity index (χ1v) is 5.85. The van der Waals surface area contributed by atoms with Gasteiger partial charge in [0.25, 0.3) is 5.97 Å². The van der Waals surface area contributed by atoms with Crippen molar-refractivity contribution >= 4 is 0 Å². The van der Waals surface area contributed by atoms with Gasteiger partial charge < -0.3 is 19.5 Å². The number of hydrogen-bond acceptors (Lipinski definition) is 4. The van der Waals surface area contributed by atoms with Crippen molar-refractivity contribution in [2.75, 3.05) is 32.9 Å². The minimum absolute atomic E-state index is 0.0733. The Hall–Kier alpha value is -0.160. The molecule has 1 N–H and O–H groups in total. The Labute approximate surface area is 90.3 Å². The highest BCUT2D eigenvalue weighted by atomic mass is 16.9. The highest BCUT2D eigenvalue weighted by Crippen LogP contribution is 2.43. The smallest absolute Gasteiger partial charge is 0.287 e. The van der Waals surface area contributed by atoms with E-state index in [1.807, 2.05) is 0 Å². The van der Waals surface area contributed by atoms with Gasteiger partial charge in [-0.05, 0) is 19.4 Å². The van der Waals surface area contributed by atoms with Crippen molar-refractivity contribution in [3.05, 3.63) is 0 Å². The third-order valence-corrected chi connectivity index (χ3v) is 3.66. The molecule has 0 aromatic carbocycles. The van der Waals surface area contributed by atoms with Gasteiger partial charge in [-0.25, -0.2) is 0 Å². The van der Waals surface area contributed by atoms with Crippen molar-refractivity contribution in [1.29, 1.82) is 0 Å². The summed E-state index contributed by atoms with van der Waals surface area (Å²) in [5.74, 6) is -0.387. The standard InChI is InChI=1S/C11H19NO3/c1-10-6-13-11(14-7-10,15-8-10)9-3-2-4-12-5-9/h9,12H,2-8H2,1H3. The molecule has 4 nitrogen and oxygen atoms in total. The Morgan fingerprint density at radius 2 is 1.80 bits per heavy atom. The minimum atomic E-state index is -0.731. The van der Waals surface area contributed by atoms with Crippen LogP contribution in [-0.2, 0) is 14.2 Å². The zero-order valence-electron chi connectivity index (χ0n) is 9.25. The molecular formula is C11H19NO3. The monoisotopic (exact) mass is 213 g/mol. The highest BCUT2D eigenvalue weighted by molar-refractivity contribution is 4.89. The molecule has 0 saturated carbocycles. The zero-order chi connectivity index (χ0) is 10.4. The van der Waals surface area contributed by atoms with Crippen LogP contribution in [0.2, 0.25) is 0 Å². The predicted octanol–water partition coefficient (Wildman–Crippen LogP) is 0.723. The molecule has 4 fully saturated rings. The van der Waals surface area contributed by atoms with E-state index in [1.54, 1.807) is 0 Å². The maximum Gasteiger partial charge on any atom is 0.287 e. The van der Waals surface area contributed by atoms with Crippen LogP contribution < -0.4 is 5.32 Å². The summed E-state index contributed by atoms with van der Waals surface area (Å²) in [6.45, 7) is 6.49. The van der Waals surface area contributed by atoms with Crippen LogP contribution in [0.1, 0.15) is 19.8 Å². The maximum absolute atomic E-state index is 5.82. The van der Waals surface area contributed by atoms with Crippen molar-refractivity contribution in [3.63, 3.8) is 0 Å². The third-order valence-electron chi connectivity index (χ3n) is 3.66. The van der Waals surface area contributed by atoms with Crippen LogP contribution in [0, 0.1) is 11.3 Å². The molecule has 1 unspecified atom stereocenters. The molecule has 0 aliphatic carbocycles. The van der Waals surface area contributed by atoms with E-state index in [0.717, 1.165) is 39.3 Å². The number of rotatable bonds is 1.